The van der Waals surface area contributed by atoms with E-state index >= 15 is 0 Å². The van der Waals surface area contributed by atoms with Crippen molar-refractivity contribution in [3.63, 3.8) is 0 Å². The number of hydrogen-bond acceptors (Lipinski definition) is 6. The van der Waals surface area contributed by atoms with E-state index in [0.29, 0.717) is 11.7 Å². The summed E-state index contributed by atoms with van der Waals surface area (Å²) in [4.78, 5) is 12.2. The maximum atomic E-state index is 9.02. The highest BCUT2D eigenvalue weighted by molar-refractivity contribution is 7.13. The van der Waals surface area contributed by atoms with Crippen molar-refractivity contribution in [2.45, 2.75) is 13.5 Å². The average Bonchev–Trinajstić information content (AvgIpc) is 2.64. The number of rotatable bonds is 3. The van der Waals surface area contributed by atoms with Gasteiger partial charge in [0.15, 0.2) is 5.13 Å². The summed E-state index contributed by atoms with van der Waals surface area (Å²) >= 11 is 1.35. The first-order chi connectivity index (χ1) is 7.24. The molecule has 0 amide bonds. The lowest BCUT2D eigenvalue weighted by atomic mass is 10.4. The van der Waals surface area contributed by atoms with Gasteiger partial charge in [-0.3, -0.25) is 9.97 Å². The van der Waals surface area contributed by atoms with Gasteiger partial charge < -0.3 is 10.4 Å². The normalized spacial score (nSPS) is 10.2. The molecule has 6 heteroatoms. The van der Waals surface area contributed by atoms with E-state index in [1.54, 1.807) is 17.8 Å². The molecule has 2 aromatic rings. The van der Waals surface area contributed by atoms with E-state index in [-0.39, 0.29) is 5.88 Å². The Morgan fingerprint density at radius 1 is 1.40 bits per heavy atom. The average molecular weight is 222 g/mol. The molecule has 0 atom stereocenters. The van der Waals surface area contributed by atoms with Crippen LogP contribution in [0, 0.1) is 6.92 Å². The number of nitrogens with one attached hydrogen (secondary N) is 1. The molecular weight excluding hydrogens is 212 g/mol. The van der Waals surface area contributed by atoms with Crippen LogP contribution in [0.5, 0.6) is 5.88 Å². The first kappa shape index (κ1) is 9.85. The van der Waals surface area contributed by atoms with Gasteiger partial charge in [-0.25, -0.2) is 0 Å². The van der Waals surface area contributed by atoms with E-state index in [4.69, 9.17) is 5.11 Å². The van der Waals surface area contributed by atoms with E-state index in [0.717, 1.165) is 11.4 Å². The molecule has 0 aliphatic rings. The van der Waals surface area contributed by atoms with Crippen molar-refractivity contribution in [2.24, 2.45) is 0 Å². The molecule has 2 aromatic heterocycles. The second kappa shape index (κ2) is 4.22. The summed E-state index contributed by atoms with van der Waals surface area (Å²) in [6, 6.07) is 0. The van der Waals surface area contributed by atoms with Crippen LogP contribution in [0.25, 0.3) is 0 Å². The summed E-state index contributed by atoms with van der Waals surface area (Å²) in [5.41, 5.74) is 1.74. The van der Waals surface area contributed by atoms with Crippen molar-refractivity contribution in [3.8, 4) is 5.88 Å². The van der Waals surface area contributed by atoms with Crippen LogP contribution < -0.4 is 5.32 Å². The van der Waals surface area contributed by atoms with Crippen molar-refractivity contribution >= 4 is 16.5 Å². The quantitative estimate of drug-likeness (QED) is 0.824. The molecule has 0 aromatic carbocycles. The lowest BCUT2D eigenvalue weighted by Crippen LogP contribution is -2.02. The third kappa shape index (κ3) is 2.63. The zero-order valence-electron chi connectivity index (χ0n) is 8.14. The maximum Gasteiger partial charge on any atom is 0.223 e. The van der Waals surface area contributed by atoms with Crippen LogP contribution in [0.4, 0.5) is 5.13 Å². The van der Waals surface area contributed by atoms with Gasteiger partial charge in [0.1, 0.15) is 0 Å². The van der Waals surface area contributed by atoms with E-state index < -0.39 is 0 Å². The lowest BCUT2D eigenvalue weighted by molar-refractivity contribution is 0.458. The third-order valence-electron chi connectivity index (χ3n) is 1.75. The molecule has 2 N–H and O–H groups in total. The molecule has 0 unspecified atom stereocenters. The number of anilines is 1. The Hall–Kier alpha value is -1.69. The Bertz CT molecular complexity index is 440. The van der Waals surface area contributed by atoms with Crippen LogP contribution in [0.15, 0.2) is 17.8 Å². The predicted molar refractivity (Wildman–Crippen MR) is 57.9 cm³/mol. The minimum atomic E-state index is 0.0393. The van der Waals surface area contributed by atoms with Crippen LogP contribution in [0.3, 0.4) is 0 Å². The largest absolute Gasteiger partial charge is 0.493 e. The summed E-state index contributed by atoms with van der Waals surface area (Å²) in [6.45, 7) is 2.45. The smallest absolute Gasteiger partial charge is 0.223 e. The highest BCUT2D eigenvalue weighted by Crippen LogP contribution is 2.19. The fourth-order valence-corrected chi connectivity index (χ4v) is 1.59. The highest BCUT2D eigenvalue weighted by Gasteiger charge is 2.00. The molecule has 0 aliphatic carbocycles. The van der Waals surface area contributed by atoms with Crippen LogP contribution in [-0.4, -0.2) is 20.1 Å². The van der Waals surface area contributed by atoms with Gasteiger partial charge in [-0.1, -0.05) is 0 Å². The van der Waals surface area contributed by atoms with Crippen LogP contribution in [-0.2, 0) is 6.54 Å². The number of nitrogens with zero attached hydrogens (tertiary/aromatic N) is 3. The Balaban J connectivity index is 1.96. The number of thiazole rings is 1. The van der Waals surface area contributed by atoms with Gasteiger partial charge in [0, 0.05) is 6.20 Å². The lowest BCUT2D eigenvalue weighted by Gasteiger charge is -2.01. The molecule has 78 valence electrons. The molecule has 2 heterocycles. The molecule has 0 fully saturated rings. The molecule has 15 heavy (non-hydrogen) atoms. The zero-order chi connectivity index (χ0) is 10.7. The van der Waals surface area contributed by atoms with Gasteiger partial charge in [-0.15, -0.1) is 11.3 Å². The standard InChI is InChI=1S/C9H10N4OS/c1-6-2-11-7(3-10-6)4-12-9-13-8(14)5-15-9/h2-3,5,14H,4H2,1H3,(H,12,13). The van der Waals surface area contributed by atoms with Crippen molar-refractivity contribution in [1.29, 1.82) is 0 Å². The summed E-state index contributed by atoms with van der Waals surface area (Å²) in [6.07, 6.45) is 3.44. The molecule has 2 rings (SSSR count). The maximum absolute atomic E-state index is 9.02. The van der Waals surface area contributed by atoms with Crippen molar-refractivity contribution in [2.75, 3.05) is 5.32 Å². The van der Waals surface area contributed by atoms with Gasteiger partial charge >= 0.3 is 0 Å². The molecule has 0 bridgehead atoms. The molecule has 0 spiro atoms. The molecule has 0 saturated heterocycles. The fourth-order valence-electron chi connectivity index (χ4n) is 1.02. The predicted octanol–water partition coefficient (Wildman–Crippen LogP) is 1.56. The van der Waals surface area contributed by atoms with Crippen molar-refractivity contribution in [1.82, 2.24) is 15.0 Å². The highest BCUT2D eigenvalue weighted by atomic mass is 32.1. The van der Waals surface area contributed by atoms with Crippen LogP contribution in [0.2, 0.25) is 0 Å². The van der Waals surface area contributed by atoms with Gasteiger partial charge in [-0.2, -0.15) is 4.98 Å². The van der Waals surface area contributed by atoms with Crippen molar-refractivity contribution in [3.05, 3.63) is 29.2 Å². The zero-order valence-corrected chi connectivity index (χ0v) is 8.95. The fraction of sp³-hybridized carbons (Fsp3) is 0.222. The summed E-state index contributed by atoms with van der Waals surface area (Å²) in [7, 11) is 0. The topological polar surface area (TPSA) is 70.9 Å². The minimum absolute atomic E-state index is 0.0393. The van der Waals surface area contributed by atoms with E-state index in [1.807, 2.05) is 6.92 Å². The van der Waals surface area contributed by atoms with Crippen molar-refractivity contribution < 1.29 is 5.11 Å². The number of aromatic nitrogens is 3. The Kier molecular flexibility index (Phi) is 2.77. The van der Waals surface area contributed by atoms with Gasteiger partial charge in [0.25, 0.3) is 0 Å². The molecule has 0 radical (unpaired) electrons. The van der Waals surface area contributed by atoms with Gasteiger partial charge in [0.2, 0.25) is 5.88 Å². The number of aryl methyl sites for hydroxylation is 1. The number of aromatic hydroxyl groups is 1. The number of hydrogen-bond donors (Lipinski definition) is 2. The second-order valence-corrected chi connectivity index (χ2v) is 3.87. The first-order valence-electron chi connectivity index (χ1n) is 4.40. The first-order valence-corrected chi connectivity index (χ1v) is 5.28. The third-order valence-corrected chi connectivity index (χ3v) is 2.53. The Morgan fingerprint density at radius 3 is 2.87 bits per heavy atom. The van der Waals surface area contributed by atoms with Gasteiger partial charge in [-0.05, 0) is 6.92 Å². The van der Waals surface area contributed by atoms with E-state index in [1.165, 1.54) is 11.3 Å². The summed E-state index contributed by atoms with van der Waals surface area (Å²) < 4.78 is 0. The second-order valence-electron chi connectivity index (χ2n) is 3.01. The van der Waals surface area contributed by atoms with E-state index in [2.05, 4.69) is 20.3 Å². The van der Waals surface area contributed by atoms with Crippen LogP contribution in [0.1, 0.15) is 11.4 Å². The Morgan fingerprint density at radius 2 is 2.27 bits per heavy atom. The van der Waals surface area contributed by atoms with Gasteiger partial charge in [0.05, 0.1) is 29.5 Å². The summed E-state index contributed by atoms with van der Waals surface area (Å²) in [5.74, 6) is 0.0393. The Labute approximate surface area is 90.9 Å². The van der Waals surface area contributed by atoms with Crippen LogP contribution >= 0.6 is 11.3 Å². The monoisotopic (exact) mass is 222 g/mol. The minimum Gasteiger partial charge on any atom is -0.493 e. The van der Waals surface area contributed by atoms with E-state index in [9.17, 15) is 0 Å². The molecular formula is C9H10N4OS. The summed E-state index contributed by atoms with van der Waals surface area (Å²) in [5, 5.41) is 14.3. The molecule has 0 aliphatic heterocycles. The molecule has 0 saturated carbocycles. The molecule has 5 nitrogen and oxygen atoms in total. The SMILES string of the molecule is Cc1cnc(CNc2nc(O)cs2)cn1.